The van der Waals surface area contributed by atoms with Crippen LogP contribution >= 0.6 is 0 Å². The van der Waals surface area contributed by atoms with Crippen LogP contribution in [0.25, 0.3) is 0 Å². The first-order valence-electron chi connectivity index (χ1n) is 6.11. The second kappa shape index (κ2) is 16.9. The zero-order valence-electron chi connectivity index (χ0n) is 12.0. The molecule has 0 fully saturated rings. The van der Waals surface area contributed by atoms with Gasteiger partial charge in [0.05, 0.1) is 0 Å². The summed E-state index contributed by atoms with van der Waals surface area (Å²) in [6, 6.07) is 0. The Morgan fingerprint density at radius 2 is 0.857 bits per heavy atom. The molecule has 21 heavy (non-hydrogen) atoms. The summed E-state index contributed by atoms with van der Waals surface area (Å²) in [4.78, 5) is 39.5. The van der Waals surface area contributed by atoms with E-state index in [9.17, 15) is 24.3 Å². The number of carboxylic acids is 4. The molecule has 0 saturated carbocycles. The Morgan fingerprint density at radius 3 is 1.05 bits per heavy atom. The molecule has 116 valence electrons. The van der Waals surface area contributed by atoms with Gasteiger partial charge in [-0.1, -0.05) is 0 Å². The molecule has 9 heteroatoms. The molecule has 0 unspecified atom stereocenters. The minimum Gasteiger partial charge on any atom is -0.550 e. The molecule has 3 N–H and O–H groups in total. The van der Waals surface area contributed by atoms with Crippen molar-refractivity contribution < 1.29 is 69.2 Å². The van der Waals surface area contributed by atoms with Gasteiger partial charge in [0.25, 0.3) is 0 Å². The minimum atomic E-state index is -1.12. The van der Waals surface area contributed by atoms with Crippen LogP contribution in [0.4, 0.5) is 0 Å². The Kier molecular flexibility index (Phi) is 20.1. The first kappa shape index (κ1) is 24.9. The zero-order valence-corrected chi connectivity index (χ0v) is 14.0. The Labute approximate surface area is 144 Å². The Bertz CT molecular complexity index is 265. The van der Waals surface area contributed by atoms with Crippen LogP contribution < -0.4 is 34.7 Å². The van der Waals surface area contributed by atoms with Gasteiger partial charge in [0, 0.05) is 25.2 Å². The number of aliphatic carboxylic acids is 4. The first-order chi connectivity index (χ1) is 9.25. The van der Waals surface area contributed by atoms with Gasteiger partial charge in [-0.3, -0.25) is 14.4 Å². The van der Waals surface area contributed by atoms with Crippen molar-refractivity contribution >= 4 is 23.9 Å². The normalized spacial score (nSPS) is 8.76. The molecule has 8 nitrogen and oxygen atoms in total. The van der Waals surface area contributed by atoms with Crippen molar-refractivity contribution in [3.63, 3.8) is 0 Å². The third-order valence-corrected chi connectivity index (χ3v) is 2.05. The van der Waals surface area contributed by atoms with Crippen LogP contribution in [0.2, 0.25) is 0 Å². The molecule has 0 bridgehead atoms. The summed E-state index contributed by atoms with van der Waals surface area (Å²) in [5, 5.41) is 34.2. The fourth-order valence-corrected chi connectivity index (χ4v) is 1.10. The smallest absolute Gasteiger partial charge is 0.550 e. The van der Waals surface area contributed by atoms with Crippen LogP contribution in [0.1, 0.15) is 51.4 Å². The van der Waals surface area contributed by atoms with Gasteiger partial charge in [0.15, 0.2) is 0 Å². The fourth-order valence-electron chi connectivity index (χ4n) is 1.10. The molecule has 0 aromatic heterocycles. The van der Waals surface area contributed by atoms with Gasteiger partial charge in [0.1, 0.15) is 0 Å². The van der Waals surface area contributed by atoms with Crippen LogP contribution in [0.3, 0.4) is 0 Å². The number of carbonyl (C=O) groups excluding carboxylic acids is 1. The van der Waals surface area contributed by atoms with E-state index in [1.807, 2.05) is 0 Å². The third-order valence-electron chi connectivity index (χ3n) is 2.05. The maximum absolute atomic E-state index is 9.90. The van der Waals surface area contributed by atoms with Gasteiger partial charge in [-0.15, -0.1) is 0 Å². The van der Waals surface area contributed by atoms with Crippen molar-refractivity contribution in [1.82, 2.24) is 0 Å². The van der Waals surface area contributed by atoms with Crippen molar-refractivity contribution in [1.29, 1.82) is 0 Å². The summed E-state index contributed by atoms with van der Waals surface area (Å²) in [6.07, 6.45) is 1.79. The number of carboxylic acid groups (broad SMARTS) is 4. The number of rotatable bonds is 10. The van der Waals surface area contributed by atoms with Gasteiger partial charge in [0.2, 0.25) is 0 Å². The molecule has 0 spiro atoms. The largest absolute Gasteiger partial charge is 1.00 e. The molecule has 0 radical (unpaired) electrons. The molecular formula is C12H19NaO8. The zero-order chi connectivity index (χ0) is 16.0. The molecule has 0 aliphatic rings. The van der Waals surface area contributed by atoms with Crippen molar-refractivity contribution in [2.45, 2.75) is 51.4 Å². The van der Waals surface area contributed by atoms with Crippen molar-refractivity contribution in [3.05, 3.63) is 0 Å². The van der Waals surface area contributed by atoms with E-state index in [4.69, 9.17) is 15.3 Å². The van der Waals surface area contributed by atoms with Crippen LogP contribution in [0, 0.1) is 0 Å². The van der Waals surface area contributed by atoms with Gasteiger partial charge >= 0.3 is 47.5 Å². The Hall–Kier alpha value is -1.12. The van der Waals surface area contributed by atoms with Gasteiger partial charge in [-0.25, -0.2) is 0 Å². The summed E-state index contributed by atoms with van der Waals surface area (Å²) in [5.74, 6) is -3.75. The molecule has 0 aliphatic heterocycles. The average molecular weight is 314 g/mol. The standard InChI is InChI=1S/2C6H10O4.Na/c2*7-5(8)3-1-2-4-6(9)10;/h2*1-4H2,(H,7,8)(H,9,10);/q;;+1/p-1. The Balaban J connectivity index is -0.000000295. The van der Waals surface area contributed by atoms with E-state index in [-0.39, 0.29) is 55.2 Å². The summed E-state index contributed by atoms with van der Waals surface area (Å²) in [7, 11) is 0. The van der Waals surface area contributed by atoms with Crippen LogP contribution in [0.15, 0.2) is 0 Å². The van der Waals surface area contributed by atoms with E-state index in [1.54, 1.807) is 0 Å². The van der Waals surface area contributed by atoms with E-state index in [0.29, 0.717) is 25.7 Å². The minimum absolute atomic E-state index is 0. The van der Waals surface area contributed by atoms with Gasteiger partial charge in [-0.05, 0) is 32.1 Å². The van der Waals surface area contributed by atoms with E-state index in [2.05, 4.69) is 0 Å². The van der Waals surface area contributed by atoms with Gasteiger partial charge in [-0.2, -0.15) is 0 Å². The van der Waals surface area contributed by atoms with Crippen molar-refractivity contribution in [3.8, 4) is 0 Å². The quantitative estimate of drug-likeness (QED) is 0.287. The second-order valence-corrected chi connectivity index (χ2v) is 3.97. The van der Waals surface area contributed by atoms with Crippen molar-refractivity contribution in [2.75, 3.05) is 0 Å². The SMILES string of the molecule is O=C(O)CCCCC(=O)O.O=C([O-])CCCCC(=O)O.[Na+]. The predicted molar refractivity (Wildman–Crippen MR) is 64.9 cm³/mol. The van der Waals surface area contributed by atoms with Crippen LogP contribution in [0.5, 0.6) is 0 Å². The summed E-state index contributed by atoms with van der Waals surface area (Å²) < 4.78 is 0. The molecule has 0 aromatic rings. The van der Waals surface area contributed by atoms with E-state index in [1.165, 1.54) is 0 Å². The maximum atomic E-state index is 9.90. The third kappa shape index (κ3) is 32.4. The topological polar surface area (TPSA) is 152 Å². The Morgan fingerprint density at radius 1 is 0.619 bits per heavy atom. The summed E-state index contributed by atoms with van der Waals surface area (Å²) in [6.45, 7) is 0. The van der Waals surface area contributed by atoms with E-state index in [0.717, 1.165) is 0 Å². The molecular weight excluding hydrogens is 295 g/mol. The first-order valence-corrected chi connectivity index (χ1v) is 6.11. The molecule has 0 rings (SSSR count). The molecule has 0 saturated heterocycles. The summed E-state index contributed by atoms with van der Waals surface area (Å²) >= 11 is 0. The van der Waals surface area contributed by atoms with Crippen LogP contribution in [-0.2, 0) is 19.2 Å². The number of unbranched alkanes of at least 4 members (excludes halogenated alkanes) is 2. The van der Waals surface area contributed by atoms with Crippen LogP contribution in [-0.4, -0.2) is 39.2 Å². The number of hydrogen-bond donors (Lipinski definition) is 3. The molecule has 0 atom stereocenters. The predicted octanol–water partition coefficient (Wildman–Crippen LogP) is -2.90. The number of hydrogen-bond acceptors (Lipinski definition) is 5. The molecule has 0 aliphatic carbocycles. The second-order valence-electron chi connectivity index (χ2n) is 3.97. The molecule has 0 aromatic carbocycles. The molecule has 0 heterocycles. The maximum Gasteiger partial charge on any atom is 1.00 e. The monoisotopic (exact) mass is 314 g/mol. The van der Waals surface area contributed by atoms with Crippen molar-refractivity contribution in [2.24, 2.45) is 0 Å². The summed E-state index contributed by atoms with van der Waals surface area (Å²) in [5.41, 5.74) is 0. The fraction of sp³-hybridized carbons (Fsp3) is 0.667. The van der Waals surface area contributed by atoms with E-state index >= 15 is 0 Å². The van der Waals surface area contributed by atoms with E-state index < -0.39 is 23.9 Å². The molecule has 0 amide bonds. The van der Waals surface area contributed by atoms with Gasteiger partial charge < -0.3 is 25.2 Å². The average Bonchev–Trinajstić information content (AvgIpc) is 2.30. The number of carbonyl (C=O) groups is 4.